The quantitative estimate of drug-likeness (QED) is 0.701. The predicted octanol–water partition coefficient (Wildman–Crippen LogP) is 2.71. The second-order valence-corrected chi connectivity index (χ2v) is 4.46. The number of aromatic nitrogens is 3. The van der Waals surface area contributed by atoms with Gasteiger partial charge in [-0.1, -0.05) is 0 Å². The van der Waals surface area contributed by atoms with E-state index in [1.807, 2.05) is 0 Å². The maximum atomic E-state index is 13.7. The van der Waals surface area contributed by atoms with Gasteiger partial charge >= 0.3 is 0 Å². The van der Waals surface area contributed by atoms with Crippen molar-refractivity contribution in [3.05, 3.63) is 35.5 Å². The zero-order valence-corrected chi connectivity index (χ0v) is 11.8. The highest BCUT2D eigenvalue weighted by molar-refractivity contribution is 6.67. The lowest BCUT2D eigenvalue weighted by Crippen LogP contribution is -2.03. The Labute approximate surface area is 124 Å². The van der Waals surface area contributed by atoms with Gasteiger partial charge in [0.1, 0.15) is 23.0 Å². The summed E-state index contributed by atoms with van der Waals surface area (Å²) in [7, 11) is 0. The van der Waals surface area contributed by atoms with Gasteiger partial charge in [0.05, 0.1) is 22.8 Å². The molecular formula is C12H9Cl2FN4O. The molecule has 0 aliphatic heterocycles. The number of halogens is 3. The van der Waals surface area contributed by atoms with Gasteiger partial charge in [-0.15, -0.1) is 12.4 Å². The standard InChI is InChI=1S/C12H8ClFN4O.ClH/c1-5-16-4-10-12(15)17-8-3-7(14)6(11(13)19)2-9(8)18(5)10;/h2-4H,1H3,(H2,15,17);1H. The Morgan fingerprint density at radius 2 is 2.10 bits per heavy atom. The van der Waals surface area contributed by atoms with Crippen molar-refractivity contribution >= 4 is 51.6 Å². The van der Waals surface area contributed by atoms with Crippen LogP contribution >= 0.6 is 24.0 Å². The highest BCUT2D eigenvalue weighted by Gasteiger charge is 2.15. The molecule has 5 nitrogen and oxygen atoms in total. The minimum Gasteiger partial charge on any atom is -0.382 e. The van der Waals surface area contributed by atoms with Gasteiger partial charge < -0.3 is 5.73 Å². The number of nitrogen functional groups attached to an aromatic ring is 1. The van der Waals surface area contributed by atoms with Crippen molar-refractivity contribution < 1.29 is 9.18 Å². The molecular weight excluding hydrogens is 306 g/mol. The lowest BCUT2D eigenvalue weighted by Gasteiger charge is -2.07. The second kappa shape index (κ2) is 4.88. The summed E-state index contributed by atoms with van der Waals surface area (Å²) in [5.74, 6) is 0.183. The smallest absolute Gasteiger partial charge is 0.255 e. The Hall–Kier alpha value is -1.92. The first-order chi connectivity index (χ1) is 8.99. The van der Waals surface area contributed by atoms with E-state index in [0.29, 0.717) is 22.4 Å². The SMILES string of the molecule is Cc1ncc2c(N)nc3cc(F)c(C(=O)Cl)cc3n12.Cl. The van der Waals surface area contributed by atoms with Crippen LogP contribution in [0.15, 0.2) is 18.3 Å². The summed E-state index contributed by atoms with van der Waals surface area (Å²) in [5.41, 5.74) is 7.07. The molecule has 20 heavy (non-hydrogen) atoms. The van der Waals surface area contributed by atoms with Crippen LogP contribution in [0.2, 0.25) is 0 Å². The van der Waals surface area contributed by atoms with Crippen molar-refractivity contribution in [2.75, 3.05) is 5.73 Å². The van der Waals surface area contributed by atoms with Gasteiger partial charge in [0, 0.05) is 6.07 Å². The number of hydrogen-bond donors (Lipinski definition) is 1. The largest absolute Gasteiger partial charge is 0.382 e. The molecule has 2 heterocycles. The van der Waals surface area contributed by atoms with E-state index in [9.17, 15) is 9.18 Å². The van der Waals surface area contributed by atoms with Crippen molar-refractivity contribution in [1.29, 1.82) is 0 Å². The van der Waals surface area contributed by atoms with Crippen LogP contribution in [0.3, 0.4) is 0 Å². The Balaban J connectivity index is 0.00000147. The summed E-state index contributed by atoms with van der Waals surface area (Å²) in [6.45, 7) is 1.78. The van der Waals surface area contributed by atoms with Crippen LogP contribution in [0.25, 0.3) is 16.6 Å². The summed E-state index contributed by atoms with van der Waals surface area (Å²) >= 11 is 5.36. The fourth-order valence-electron chi connectivity index (χ4n) is 2.09. The third kappa shape index (κ3) is 1.97. The number of anilines is 1. The van der Waals surface area contributed by atoms with Crippen LogP contribution in [0.1, 0.15) is 16.2 Å². The number of benzene rings is 1. The molecule has 0 aliphatic rings. The van der Waals surface area contributed by atoms with Crippen molar-refractivity contribution in [2.45, 2.75) is 6.92 Å². The maximum absolute atomic E-state index is 13.7. The lowest BCUT2D eigenvalue weighted by atomic mass is 10.2. The number of hydrogen-bond acceptors (Lipinski definition) is 4. The van der Waals surface area contributed by atoms with E-state index in [1.165, 1.54) is 6.07 Å². The van der Waals surface area contributed by atoms with Gasteiger partial charge in [-0.2, -0.15) is 0 Å². The van der Waals surface area contributed by atoms with Crippen LogP contribution in [-0.4, -0.2) is 19.6 Å². The average molecular weight is 315 g/mol. The molecule has 3 aromatic rings. The monoisotopic (exact) mass is 314 g/mol. The number of nitrogens with zero attached hydrogens (tertiary/aromatic N) is 3. The highest BCUT2D eigenvalue weighted by Crippen LogP contribution is 2.24. The van der Waals surface area contributed by atoms with Gasteiger partial charge in [0.25, 0.3) is 5.24 Å². The first-order valence-corrected chi connectivity index (χ1v) is 5.79. The number of rotatable bonds is 1. The van der Waals surface area contributed by atoms with E-state index >= 15 is 0 Å². The molecule has 3 rings (SSSR count). The number of carbonyl (C=O) groups excluding carboxylic acids is 1. The molecule has 0 bridgehead atoms. The number of nitrogens with two attached hydrogens (primary N) is 1. The molecule has 104 valence electrons. The molecule has 0 atom stereocenters. The molecule has 2 aromatic heterocycles. The molecule has 0 saturated heterocycles. The lowest BCUT2D eigenvalue weighted by molar-refractivity contribution is 0.107. The van der Waals surface area contributed by atoms with Crippen molar-refractivity contribution in [3.8, 4) is 0 Å². The molecule has 8 heteroatoms. The third-order valence-electron chi connectivity index (χ3n) is 2.96. The summed E-state index contributed by atoms with van der Waals surface area (Å²) in [5, 5.41) is -0.859. The fourth-order valence-corrected chi connectivity index (χ4v) is 2.23. The Morgan fingerprint density at radius 1 is 1.40 bits per heavy atom. The molecule has 0 spiro atoms. The second-order valence-electron chi connectivity index (χ2n) is 4.12. The van der Waals surface area contributed by atoms with Crippen molar-refractivity contribution in [2.24, 2.45) is 0 Å². The van der Waals surface area contributed by atoms with E-state index in [4.69, 9.17) is 17.3 Å². The van der Waals surface area contributed by atoms with Gasteiger partial charge in [0.2, 0.25) is 0 Å². The minimum absolute atomic E-state index is 0. The molecule has 1 aromatic carbocycles. The highest BCUT2D eigenvalue weighted by atomic mass is 35.5. The Kier molecular flexibility index (Phi) is 3.54. The molecule has 2 N–H and O–H groups in total. The summed E-state index contributed by atoms with van der Waals surface area (Å²) in [4.78, 5) is 19.4. The molecule has 0 aliphatic carbocycles. The van der Waals surface area contributed by atoms with Gasteiger partial charge in [0.15, 0.2) is 0 Å². The number of imidazole rings is 1. The van der Waals surface area contributed by atoms with Crippen LogP contribution in [-0.2, 0) is 0 Å². The van der Waals surface area contributed by atoms with Crippen molar-refractivity contribution in [1.82, 2.24) is 14.4 Å². The summed E-state index contributed by atoms with van der Waals surface area (Å²) < 4.78 is 15.4. The Bertz CT molecular complexity index is 846. The first kappa shape index (κ1) is 14.5. The average Bonchev–Trinajstić information content (AvgIpc) is 2.71. The first-order valence-electron chi connectivity index (χ1n) is 5.41. The van der Waals surface area contributed by atoms with E-state index in [0.717, 1.165) is 6.07 Å². The molecule has 0 amide bonds. The van der Waals surface area contributed by atoms with E-state index in [2.05, 4.69) is 9.97 Å². The number of fused-ring (bicyclic) bond motifs is 3. The normalized spacial score (nSPS) is 10.8. The van der Waals surface area contributed by atoms with Crippen LogP contribution < -0.4 is 5.73 Å². The van der Waals surface area contributed by atoms with Crippen LogP contribution in [0.4, 0.5) is 10.2 Å². The summed E-state index contributed by atoms with van der Waals surface area (Å²) in [6, 6.07) is 2.49. The molecule has 0 saturated carbocycles. The number of carbonyl (C=O) groups is 1. The maximum Gasteiger partial charge on any atom is 0.255 e. The van der Waals surface area contributed by atoms with Crippen molar-refractivity contribution in [3.63, 3.8) is 0 Å². The van der Waals surface area contributed by atoms with E-state index < -0.39 is 11.1 Å². The fraction of sp³-hybridized carbons (Fsp3) is 0.0833. The number of aryl methyl sites for hydroxylation is 1. The molecule has 0 fully saturated rings. The molecule has 0 radical (unpaired) electrons. The van der Waals surface area contributed by atoms with Gasteiger partial charge in [-0.3, -0.25) is 9.20 Å². The zero-order valence-electron chi connectivity index (χ0n) is 10.2. The van der Waals surface area contributed by atoms with Gasteiger partial charge in [-0.05, 0) is 24.6 Å². The van der Waals surface area contributed by atoms with E-state index in [1.54, 1.807) is 17.5 Å². The third-order valence-corrected chi connectivity index (χ3v) is 3.16. The topological polar surface area (TPSA) is 73.3 Å². The molecule has 0 unspecified atom stereocenters. The minimum atomic E-state index is -0.859. The van der Waals surface area contributed by atoms with Gasteiger partial charge in [-0.25, -0.2) is 14.4 Å². The van der Waals surface area contributed by atoms with E-state index in [-0.39, 0.29) is 23.8 Å². The van der Waals surface area contributed by atoms with Crippen LogP contribution in [0, 0.1) is 12.7 Å². The van der Waals surface area contributed by atoms with Crippen LogP contribution in [0.5, 0.6) is 0 Å². The zero-order chi connectivity index (χ0) is 13.7. The predicted molar refractivity (Wildman–Crippen MR) is 77.0 cm³/mol. The summed E-state index contributed by atoms with van der Waals surface area (Å²) in [6.07, 6.45) is 1.57. The Morgan fingerprint density at radius 3 is 2.75 bits per heavy atom.